The van der Waals surface area contributed by atoms with Crippen LogP contribution >= 0.6 is 0 Å². The Kier molecular flexibility index (Phi) is 4.39. The lowest BCUT2D eigenvalue weighted by Gasteiger charge is -2.37. The van der Waals surface area contributed by atoms with Gasteiger partial charge in [-0.15, -0.1) is 0 Å². The van der Waals surface area contributed by atoms with Crippen molar-refractivity contribution in [3.63, 3.8) is 0 Å². The molecule has 0 radical (unpaired) electrons. The van der Waals surface area contributed by atoms with Gasteiger partial charge in [0, 0.05) is 12.6 Å². The quantitative estimate of drug-likeness (QED) is 0.583. The SMILES string of the molecule is Cc1nn(-c2cc(C(F)(F)F)c(F)c(O)c2F)c2cc(F)c(N3CCOCC34CC4)nc12. The zero-order chi connectivity index (χ0) is 23.0. The van der Waals surface area contributed by atoms with Crippen molar-refractivity contribution >= 4 is 16.9 Å². The normalized spacial score (nSPS) is 18.0. The molecule has 0 atom stereocenters. The molecule has 3 heterocycles. The number of halogens is 6. The van der Waals surface area contributed by atoms with Gasteiger partial charge < -0.3 is 14.7 Å². The molecule has 1 saturated heterocycles. The molecule has 1 N–H and O–H groups in total. The highest BCUT2D eigenvalue weighted by molar-refractivity contribution is 5.82. The van der Waals surface area contributed by atoms with E-state index < -0.39 is 40.6 Å². The van der Waals surface area contributed by atoms with Gasteiger partial charge in [0.1, 0.15) is 11.2 Å². The number of rotatable bonds is 2. The standard InChI is InChI=1S/C20H16F6N4O2/c1-9-16-13(7-11(21)18(27-16)29-4-5-32-8-19(29)2-3-19)30(28-9)12-6-10(20(24,25)26)14(22)17(31)15(12)23/h6-7,31H,2-5,8H2,1H3. The second-order valence-electron chi connectivity index (χ2n) is 8.00. The highest BCUT2D eigenvalue weighted by Crippen LogP contribution is 2.46. The molecular formula is C20H16F6N4O2. The van der Waals surface area contributed by atoms with Gasteiger partial charge in [-0.05, 0) is 25.8 Å². The summed E-state index contributed by atoms with van der Waals surface area (Å²) >= 11 is 0. The molecule has 2 aromatic heterocycles. The van der Waals surface area contributed by atoms with E-state index in [4.69, 9.17) is 4.74 Å². The third kappa shape index (κ3) is 2.99. The van der Waals surface area contributed by atoms with Gasteiger partial charge in [0.25, 0.3) is 0 Å². The highest BCUT2D eigenvalue weighted by atomic mass is 19.4. The van der Waals surface area contributed by atoms with Crippen LogP contribution in [0.25, 0.3) is 16.7 Å². The van der Waals surface area contributed by atoms with Crippen LogP contribution in [0, 0.1) is 24.4 Å². The Labute approximate surface area is 177 Å². The van der Waals surface area contributed by atoms with Crippen molar-refractivity contribution in [2.45, 2.75) is 31.5 Å². The summed E-state index contributed by atoms with van der Waals surface area (Å²) in [7, 11) is 0. The fourth-order valence-corrected chi connectivity index (χ4v) is 4.11. The maximum Gasteiger partial charge on any atom is 0.419 e. The number of fused-ring (bicyclic) bond motifs is 1. The number of nitrogens with zero attached hydrogens (tertiary/aromatic N) is 4. The molecule has 170 valence electrons. The zero-order valence-corrected chi connectivity index (χ0v) is 16.6. The Morgan fingerprint density at radius 1 is 1.12 bits per heavy atom. The van der Waals surface area contributed by atoms with Crippen molar-refractivity contribution in [2.24, 2.45) is 0 Å². The average molecular weight is 458 g/mol. The van der Waals surface area contributed by atoms with E-state index in [2.05, 4.69) is 10.1 Å². The van der Waals surface area contributed by atoms with Crippen molar-refractivity contribution in [3.05, 3.63) is 40.8 Å². The molecule has 1 saturated carbocycles. The molecule has 0 unspecified atom stereocenters. The van der Waals surface area contributed by atoms with E-state index in [1.165, 1.54) is 6.92 Å². The predicted molar refractivity (Wildman–Crippen MR) is 100 cm³/mol. The van der Waals surface area contributed by atoms with Gasteiger partial charge in [0.05, 0.1) is 35.5 Å². The molecular weight excluding hydrogens is 442 g/mol. The maximum atomic E-state index is 15.1. The van der Waals surface area contributed by atoms with Gasteiger partial charge in [0.2, 0.25) is 0 Å². The second kappa shape index (κ2) is 6.74. The van der Waals surface area contributed by atoms with Crippen LogP contribution in [-0.2, 0) is 10.9 Å². The third-order valence-corrected chi connectivity index (χ3v) is 5.94. The van der Waals surface area contributed by atoms with Gasteiger partial charge in [-0.2, -0.15) is 18.3 Å². The average Bonchev–Trinajstić information content (AvgIpc) is 3.42. The first-order valence-corrected chi connectivity index (χ1v) is 9.73. The summed E-state index contributed by atoms with van der Waals surface area (Å²) in [5.74, 6) is -6.31. The first kappa shape index (κ1) is 20.9. The number of anilines is 1. The van der Waals surface area contributed by atoms with Gasteiger partial charge >= 0.3 is 6.18 Å². The molecule has 32 heavy (non-hydrogen) atoms. The summed E-state index contributed by atoms with van der Waals surface area (Å²) in [6.45, 7) is 2.72. The molecule has 3 aromatic rings. The summed E-state index contributed by atoms with van der Waals surface area (Å²) < 4.78 is 89.3. The summed E-state index contributed by atoms with van der Waals surface area (Å²) in [5, 5.41) is 13.6. The van der Waals surface area contributed by atoms with Crippen LogP contribution in [0.1, 0.15) is 24.1 Å². The molecule has 2 fully saturated rings. The molecule has 5 rings (SSSR count). The van der Waals surface area contributed by atoms with Crippen LogP contribution in [0.4, 0.5) is 32.2 Å². The lowest BCUT2D eigenvalue weighted by Crippen LogP contribution is -2.48. The minimum Gasteiger partial charge on any atom is -0.503 e. The maximum absolute atomic E-state index is 15.1. The molecule has 6 nitrogen and oxygen atoms in total. The third-order valence-electron chi connectivity index (χ3n) is 5.94. The van der Waals surface area contributed by atoms with Crippen LogP contribution in [0.15, 0.2) is 12.1 Å². The summed E-state index contributed by atoms with van der Waals surface area (Å²) in [6.07, 6.45) is -3.58. The minimum atomic E-state index is -5.20. The largest absolute Gasteiger partial charge is 0.503 e. The van der Waals surface area contributed by atoms with Gasteiger partial charge in [0.15, 0.2) is 29.0 Å². The Hall–Kier alpha value is -3.02. The minimum absolute atomic E-state index is 0.0550. The van der Waals surface area contributed by atoms with Crippen molar-refractivity contribution in [1.82, 2.24) is 14.8 Å². The molecule has 1 spiro atoms. The van der Waals surface area contributed by atoms with E-state index in [9.17, 15) is 27.1 Å². The Morgan fingerprint density at radius 3 is 2.50 bits per heavy atom. The Morgan fingerprint density at radius 2 is 1.84 bits per heavy atom. The molecule has 1 aliphatic carbocycles. The van der Waals surface area contributed by atoms with Crippen LogP contribution in [0.5, 0.6) is 5.75 Å². The summed E-state index contributed by atoms with van der Waals surface area (Å²) in [5.41, 5.74) is -2.88. The van der Waals surface area contributed by atoms with Crippen molar-refractivity contribution < 1.29 is 36.2 Å². The molecule has 0 amide bonds. The number of phenolic OH excluding ortho intramolecular Hbond substituents is 1. The predicted octanol–water partition coefficient (Wildman–Crippen LogP) is 4.24. The number of phenols is 1. The van der Waals surface area contributed by atoms with Crippen molar-refractivity contribution in [2.75, 3.05) is 24.7 Å². The summed E-state index contributed by atoms with van der Waals surface area (Å²) in [4.78, 5) is 6.16. The number of morpholine rings is 1. The number of ether oxygens (including phenoxy) is 1. The number of hydrogen-bond donors (Lipinski definition) is 1. The van der Waals surface area contributed by atoms with Gasteiger partial charge in [-0.3, -0.25) is 0 Å². The number of aromatic nitrogens is 3. The Balaban J connectivity index is 1.69. The van der Waals surface area contributed by atoms with E-state index in [1.807, 2.05) is 4.90 Å². The molecule has 2 aliphatic rings. The molecule has 1 aromatic carbocycles. The molecule has 0 bridgehead atoms. The van der Waals surface area contributed by atoms with Crippen LogP contribution in [0.2, 0.25) is 0 Å². The van der Waals surface area contributed by atoms with E-state index in [-0.39, 0.29) is 34.2 Å². The van der Waals surface area contributed by atoms with E-state index in [0.717, 1.165) is 18.9 Å². The fourth-order valence-electron chi connectivity index (χ4n) is 4.11. The van der Waals surface area contributed by atoms with E-state index in [0.29, 0.717) is 24.4 Å². The number of aromatic hydroxyl groups is 1. The van der Waals surface area contributed by atoms with E-state index in [1.54, 1.807) is 0 Å². The first-order chi connectivity index (χ1) is 15.0. The van der Waals surface area contributed by atoms with Crippen molar-refractivity contribution in [3.8, 4) is 11.4 Å². The second-order valence-corrected chi connectivity index (χ2v) is 8.00. The zero-order valence-electron chi connectivity index (χ0n) is 16.6. The van der Waals surface area contributed by atoms with Crippen LogP contribution in [-0.4, -0.2) is 45.2 Å². The number of hydrogen-bond acceptors (Lipinski definition) is 5. The Bertz CT molecular complexity index is 1250. The van der Waals surface area contributed by atoms with Crippen LogP contribution in [0.3, 0.4) is 0 Å². The monoisotopic (exact) mass is 458 g/mol. The lowest BCUT2D eigenvalue weighted by molar-refractivity contribution is -0.140. The van der Waals surface area contributed by atoms with Crippen LogP contribution < -0.4 is 4.90 Å². The fraction of sp³-hybridized carbons (Fsp3) is 0.400. The number of aryl methyl sites for hydroxylation is 1. The molecule has 12 heteroatoms. The smallest absolute Gasteiger partial charge is 0.419 e. The first-order valence-electron chi connectivity index (χ1n) is 9.73. The van der Waals surface area contributed by atoms with Gasteiger partial charge in [-0.1, -0.05) is 0 Å². The number of alkyl halides is 3. The summed E-state index contributed by atoms with van der Waals surface area (Å²) in [6, 6.07) is 1.18. The number of pyridine rings is 1. The topological polar surface area (TPSA) is 63.4 Å². The number of benzene rings is 1. The van der Waals surface area contributed by atoms with Crippen molar-refractivity contribution in [1.29, 1.82) is 0 Å². The lowest BCUT2D eigenvalue weighted by atomic mass is 10.1. The molecule has 1 aliphatic heterocycles. The highest BCUT2D eigenvalue weighted by Gasteiger charge is 2.51. The van der Waals surface area contributed by atoms with Gasteiger partial charge in [-0.25, -0.2) is 22.8 Å². The van der Waals surface area contributed by atoms with E-state index >= 15 is 4.39 Å².